The maximum Gasteiger partial charge on any atom is 0.228 e. The molecule has 0 bridgehead atoms. The average molecular weight is 1370 g/mol. The van der Waals surface area contributed by atoms with Crippen LogP contribution in [0.5, 0.6) is 5.75 Å². The van der Waals surface area contributed by atoms with E-state index in [0.717, 1.165) is 64.1 Å². The van der Waals surface area contributed by atoms with Gasteiger partial charge in [0.05, 0.1) is 51.4 Å². The number of ether oxygens (including phenoxy) is 1. The predicted octanol–water partition coefficient (Wildman–Crippen LogP) is 25.5. The number of azo groups is 1. The second-order valence-electron chi connectivity index (χ2n) is 18.3. The number of nitrogens with one attached hydrogen (secondary N) is 1. The second kappa shape index (κ2) is 58.7. The molecule has 100 heavy (non-hydrogen) atoms. The Kier molecular flexibility index (Phi) is 51.5. The van der Waals surface area contributed by atoms with Crippen LogP contribution in [0.3, 0.4) is 0 Å². The highest BCUT2D eigenvalue weighted by molar-refractivity contribution is 7.16. The quantitative estimate of drug-likeness (QED) is 0.153. The van der Waals surface area contributed by atoms with Crippen molar-refractivity contribution in [3.8, 4) is 5.75 Å². The van der Waals surface area contributed by atoms with Gasteiger partial charge in [0, 0.05) is 65.8 Å². The summed E-state index contributed by atoms with van der Waals surface area (Å²) in [4.78, 5) is 35.3. The number of allylic oxidation sites excluding steroid dienone is 1. The van der Waals surface area contributed by atoms with E-state index in [2.05, 4.69) is 134 Å². The molecule has 4 aliphatic rings. The summed E-state index contributed by atoms with van der Waals surface area (Å²) in [6, 6.07) is 58.5. The number of thiazole rings is 1. The highest BCUT2D eigenvalue weighted by Gasteiger charge is 2.10. The smallest absolute Gasteiger partial charge is 0.228 e. The summed E-state index contributed by atoms with van der Waals surface area (Å²) < 4.78 is 16.5. The molecule has 0 unspecified atom stereocenters. The van der Waals surface area contributed by atoms with Gasteiger partial charge in [-0.25, -0.2) is 19.9 Å². The minimum atomic E-state index is 0.644. The molecule has 14 nitrogen and oxygen atoms in total. The molecule has 14 aromatic rings. The fourth-order valence-corrected chi connectivity index (χ4v) is 9.41. The number of aromatic amines is 1. The minimum Gasteiger partial charge on any atom is -0.491 e. The van der Waals surface area contributed by atoms with Crippen LogP contribution >= 0.6 is 11.3 Å². The lowest BCUT2D eigenvalue weighted by molar-refractivity contribution is 0.355. The molecule has 0 fully saturated rings. The summed E-state index contributed by atoms with van der Waals surface area (Å²) in [6.45, 7) is 37.5. The van der Waals surface area contributed by atoms with Gasteiger partial charge in [-0.15, -0.1) is 11.3 Å². The first kappa shape index (κ1) is 87.6. The van der Waals surface area contributed by atoms with Crippen molar-refractivity contribution in [3.63, 3.8) is 0 Å². The van der Waals surface area contributed by atoms with Crippen molar-refractivity contribution in [2.24, 2.45) is 10.2 Å². The molecule has 5 aromatic carbocycles. The molecule has 2 aliphatic heterocycles. The Balaban J connectivity index is 0.000000547. The van der Waals surface area contributed by atoms with Crippen LogP contribution in [-0.4, -0.2) is 51.5 Å². The van der Waals surface area contributed by atoms with Crippen LogP contribution in [0.1, 0.15) is 165 Å². The molecule has 0 saturated carbocycles. The number of benzene rings is 5. The number of H-pyrrole nitrogens is 1. The first-order valence-corrected chi connectivity index (χ1v) is 36.6. The highest BCUT2D eigenvalue weighted by atomic mass is 32.1. The number of rotatable bonds is 0. The fourth-order valence-electron chi connectivity index (χ4n) is 8.73. The monoisotopic (exact) mass is 1370 g/mol. The number of furan rings is 1. The van der Waals surface area contributed by atoms with Crippen molar-refractivity contribution in [1.82, 2.24) is 44.9 Å². The zero-order valence-corrected chi connectivity index (χ0v) is 63.6. The van der Waals surface area contributed by atoms with E-state index in [-0.39, 0.29) is 0 Å². The number of para-hydroxylation sites is 5. The lowest BCUT2D eigenvalue weighted by Crippen LogP contribution is -1.85. The van der Waals surface area contributed by atoms with Gasteiger partial charge in [0.2, 0.25) is 5.71 Å². The number of aromatic nitrogens is 9. The predicted molar refractivity (Wildman–Crippen MR) is 429 cm³/mol. The van der Waals surface area contributed by atoms with Crippen molar-refractivity contribution in [2.45, 2.75) is 163 Å². The summed E-state index contributed by atoms with van der Waals surface area (Å²) in [5.41, 5.74) is 16.4. The zero-order chi connectivity index (χ0) is 73.6. The molecule has 18 rings (SSSR count). The van der Waals surface area contributed by atoms with Gasteiger partial charge in [-0.05, 0) is 127 Å². The van der Waals surface area contributed by atoms with Crippen molar-refractivity contribution < 1.29 is 13.6 Å². The Morgan fingerprint density at radius 3 is 1.76 bits per heavy atom. The zero-order valence-electron chi connectivity index (χ0n) is 62.8. The summed E-state index contributed by atoms with van der Waals surface area (Å²) in [5, 5.41) is 11.1. The van der Waals surface area contributed by atoms with Gasteiger partial charge in [-0.3, -0.25) is 19.9 Å². The van der Waals surface area contributed by atoms with Crippen LogP contribution < -0.4 is 4.74 Å². The van der Waals surface area contributed by atoms with E-state index in [4.69, 9.17) is 13.6 Å². The van der Waals surface area contributed by atoms with Crippen LogP contribution in [0.2, 0.25) is 0 Å². The van der Waals surface area contributed by atoms with Gasteiger partial charge in [0.1, 0.15) is 29.8 Å². The molecule has 11 heterocycles. The van der Waals surface area contributed by atoms with Crippen molar-refractivity contribution in [3.05, 3.63) is 284 Å². The molecule has 15 heteroatoms. The van der Waals surface area contributed by atoms with Gasteiger partial charge in [-0.2, -0.15) is 10.2 Å². The van der Waals surface area contributed by atoms with Crippen molar-refractivity contribution in [2.75, 3.05) is 6.61 Å². The Hall–Kier alpha value is -10.4. The topological polar surface area (TPSA) is 179 Å². The third-order valence-corrected chi connectivity index (χ3v) is 13.7. The van der Waals surface area contributed by atoms with E-state index in [1.54, 1.807) is 42.4 Å². The second-order valence-corrected chi connectivity index (χ2v) is 19.2. The summed E-state index contributed by atoms with van der Waals surface area (Å²) in [6.07, 6.45) is 27.4. The van der Waals surface area contributed by atoms with E-state index < -0.39 is 0 Å². The molecular formula is C85H111N11O3S. The molecular weight excluding hydrogens is 1260 g/mol. The summed E-state index contributed by atoms with van der Waals surface area (Å²) in [7, 11) is 0. The molecule has 0 atom stereocenters. The Morgan fingerprint density at radius 1 is 0.440 bits per heavy atom. The van der Waals surface area contributed by atoms with Crippen LogP contribution in [-0.2, 0) is 32.2 Å². The first-order chi connectivity index (χ1) is 49.7. The molecule has 9 aromatic heterocycles. The summed E-state index contributed by atoms with van der Waals surface area (Å²) in [5.74, 6) is 0.956. The lowest BCUT2D eigenvalue weighted by Gasteiger charge is -1.93. The number of hydrogen-bond donors (Lipinski definition) is 1. The van der Waals surface area contributed by atoms with E-state index >= 15 is 0 Å². The van der Waals surface area contributed by atoms with Crippen LogP contribution in [0, 0.1) is 0 Å². The molecule has 530 valence electrons. The van der Waals surface area contributed by atoms with Gasteiger partial charge in [-0.1, -0.05) is 234 Å². The number of hydrogen-bond acceptors (Lipinski definition) is 14. The third-order valence-electron chi connectivity index (χ3n) is 12.9. The standard InChI is InChI=1S/C9H7N.C9H8.C8H9N.C8H7N.C7H7NO.C7H5NO.C7H5NS.C6H5N3.C6H4N2O.9C2H6/c1-2-6-9-8(4-1)5-3-7-10-9;1-2-5-9-7-3-6-8(9)4-1;1-3-7-4-2-6-9-8(7)5-1;1-2-4-8-7(3-1)5-6-9-8;1-3-8-5-7-6(1)2-4-9-7;2*1-2-4-7-6(3-1)8-5-9-7;1-2-5-6(7-3-1)4-8-9-5;1-2-9-6-5(1)3-7-4-8-6;9*1-2/h1-7H;1-6H,7H2;2,4,6H,1,3,5H2;1-6,9H;1,3,5H,2,4H2;2*1-5H;1-3H,4H2;1-4H;9*1-2H3. The van der Waals surface area contributed by atoms with Crippen molar-refractivity contribution >= 4 is 77.3 Å². The van der Waals surface area contributed by atoms with E-state index in [1.165, 1.54) is 80.9 Å². The number of fused-ring (bicyclic) bond motifs is 9. The van der Waals surface area contributed by atoms with E-state index in [0.29, 0.717) is 12.3 Å². The minimum absolute atomic E-state index is 0.644. The summed E-state index contributed by atoms with van der Waals surface area (Å²) >= 11 is 1.68. The van der Waals surface area contributed by atoms with E-state index in [1.807, 2.05) is 258 Å². The highest BCUT2D eigenvalue weighted by Crippen LogP contribution is 2.24. The number of nitrogens with zero attached hydrogens (tertiary/aromatic N) is 10. The molecule has 2 aliphatic carbocycles. The third kappa shape index (κ3) is 31.9. The normalized spacial score (nSPS) is 10.4. The van der Waals surface area contributed by atoms with Gasteiger partial charge in [0.25, 0.3) is 0 Å². The maximum atomic E-state index is 5.24. The number of pyridine rings is 4. The van der Waals surface area contributed by atoms with Crippen LogP contribution in [0.25, 0.3) is 60.3 Å². The maximum absolute atomic E-state index is 5.24. The SMILES string of the molecule is C1=Cc2ccccc2C1.CC.CC.CC.CC.CC.CC.CC.CC.CC.c1cc2c(cn1)OCC2.c1ccc2[nH]ccc2c1.c1ccc2ncccc2c1.c1ccc2ocnc2c1.c1ccc2scnc2c1.c1cnc2c(c1)CCC2.c1cnc2c(c1)N=NC2.c1ncc2ccoc2n1. The van der Waals surface area contributed by atoms with Gasteiger partial charge in [0.15, 0.2) is 12.0 Å². The molecule has 0 radical (unpaired) electrons. The lowest BCUT2D eigenvalue weighted by atomic mass is 10.1. The van der Waals surface area contributed by atoms with Crippen LogP contribution in [0.4, 0.5) is 5.69 Å². The Morgan fingerprint density at radius 2 is 1.07 bits per heavy atom. The largest absolute Gasteiger partial charge is 0.491 e. The van der Waals surface area contributed by atoms with E-state index in [9.17, 15) is 0 Å². The number of aryl methyl sites for hydroxylation is 2. The first-order valence-electron chi connectivity index (χ1n) is 35.8. The van der Waals surface area contributed by atoms with Crippen LogP contribution in [0.15, 0.2) is 269 Å². The molecule has 0 amide bonds. The number of oxazole rings is 1. The Bertz CT molecular complexity index is 3650. The molecule has 0 saturated heterocycles. The van der Waals surface area contributed by atoms with Crippen molar-refractivity contribution in [1.29, 1.82) is 0 Å². The molecule has 0 spiro atoms. The fraction of sp³-hybridized carbons (Fsp3) is 0.294. The average Bonchev–Trinajstić information content (AvgIpc) is 1.93. The molecule has 1 N–H and O–H groups in total. The van der Waals surface area contributed by atoms with Gasteiger partial charge < -0.3 is 18.6 Å². The van der Waals surface area contributed by atoms with Gasteiger partial charge >= 0.3 is 0 Å². The Labute approximate surface area is 601 Å².